The standard InChI is InChI=1S/C64H103N23O16S2/c1-35-53(94)81-42(21-13-25-73-63(69)70)55(96)83-41(20-10-12-24-66)58(99)86-46(52(68)93)33-104-105-34-47(61(102)84-43(22-14-26-74-64(71)72)56(97)82-40(19-9-11-23-65)57(98)85-45(32-88)60(101)78-35)80-50(92)31-77-62(103)51(36(2)89)87-59(100)44(28-38-17-7-4-8-18-38)79-49(91)30-75-48(90)29-76-54(95)39(67)27-37-15-5-3-6-16-37/h3-8,15-18,35-36,39-47,51,88-89H,9-14,19-34,65-67H2,1-2H3,(H2,68,93)(H,75,90)(H,76,95)(H,77,103)(H,78,101)(H,79,91)(H,80,92)(H,81,94)(H,82,97)(H,83,96)(H,84,102)(H,85,98)(H,86,99)(H,87,100)(H4,69,70,73)(H4,71,72,74)/t35-,36+,39-,40-,41-,42-,43-,44-,45-,46-,47-,51-/m0/s1. The Labute approximate surface area is 615 Å². The Morgan fingerprint density at radius 1 is 0.514 bits per heavy atom. The normalized spacial score (nSPS) is 20.8. The van der Waals surface area contributed by atoms with Gasteiger partial charge in [-0.25, -0.2) is 0 Å². The van der Waals surface area contributed by atoms with Gasteiger partial charge in [-0.2, -0.15) is 0 Å². The van der Waals surface area contributed by atoms with Crippen LogP contribution in [0.2, 0.25) is 0 Å². The molecule has 2 aromatic rings. The van der Waals surface area contributed by atoms with Crippen molar-refractivity contribution in [3.05, 3.63) is 71.8 Å². The number of rotatable bonds is 35. The number of carbonyl (C=O) groups excluding carboxylic acids is 14. The number of carbonyl (C=O) groups is 14. The quantitative estimate of drug-likeness (QED) is 0.0132. The molecular formula is C64H103N23O16S2. The number of unbranched alkanes of at least 4 members (excludes halogenated alkanes) is 2. The summed E-state index contributed by atoms with van der Waals surface area (Å²) in [4.78, 5) is 201. The van der Waals surface area contributed by atoms with Crippen molar-refractivity contribution in [2.24, 2.45) is 55.9 Å². The van der Waals surface area contributed by atoms with Crippen molar-refractivity contribution >= 4 is 116 Å². The fourth-order valence-corrected chi connectivity index (χ4v) is 12.2. The molecule has 31 N–H and O–H groups in total. The van der Waals surface area contributed by atoms with Crippen molar-refractivity contribution in [3.63, 3.8) is 0 Å². The summed E-state index contributed by atoms with van der Waals surface area (Å²) in [5, 5.41) is 53.3. The van der Waals surface area contributed by atoms with Crippen molar-refractivity contribution in [1.82, 2.24) is 69.1 Å². The summed E-state index contributed by atoms with van der Waals surface area (Å²) < 4.78 is 0. The molecule has 0 bridgehead atoms. The third-order valence-corrected chi connectivity index (χ3v) is 18.1. The van der Waals surface area contributed by atoms with Crippen LogP contribution in [-0.4, -0.2) is 241 Å². The molecule has 1 fully saturated rings. The largest absolute Gasteiger partial charge is 0.394 e. The molecule has 3 rings (SSSR count). The van der Waals surface area contributed by atoms with E-state index >= 15 is 0 Å². The highest BCUT2D eigenvalue weighted by atomic mass is 33.1. The van der Waals surface area contributed by atoms with Crippen molar-refractivity contribution in [2.45, 2.75) is 163 Å². The van der Waals surface area contributed by atoms with E-state index in [9.17, 15) is 77.3 Å². The Hall–Kier alpha value is -9.94. The molecule has 0 aliphatic carbocycles. The predicted octanol–water partition coefficient (Wildman–Crippen LogP) is -9.37. The molecular weight excluding hydrogens is 1410 g/mol. The molecule has 0 saturated carbocycles. The third-order valence-electron chi connectivity index (χ3n) is 15.7. The number of aliphatic imine (C=N–C) groups is 2. The maximum absolute atomic E-state index is 14.7. The van der Waals surface area contributed by atoms with Crippen LogP contribution in [0.25, 0.3) is 0 Å². The second-order valence-electron chi connectivity index (χ2n) is 24.4. The molecule has 39 nitrogen and oxygen atoms in total. The van der Waals surface area contributed by atoms with Crippen LogP contribution in [0, 0.1) is 0 Å². The van der Waals surface area contributed by atoms with Gasteiger partial charge in [0.05, 0.1) is 38.4 Å². The van der Waals surface area contributed by atoms with E-state index in [0.717, 1.165) is 34.1 Å². The minimum absolute atomic E-state index is 0.00317. The first-order chi connectivity index (χ1) is 50.0. The molecule has 14 amide bonds. The van der Waals surface area contributed by atoms with Gasteiger partial charge in [0.2, 0.25) is 82.7 Å². The number of nitrogens with two attached hydrogens (primary N) is 8. The van der Waals surface area contributed by atoms with Gasteiger partial charge >= 0.3 is 0 Å². The number of amides is 14. The van der Waals surface area contributed by atoms with Crippen LogP contribution in [-0.2, 0) is 80.0 Å². The number of aliphatic hydroxyl groups is 2. The molecule has 0 unspecified atom stereocenters. The Kier molecular flexibility index (Phi) is 41.6. The minimum Gasteiger partial charge on any atom is -0.394 e. The second-order valence-corrected chi connectivity index (χ2v) is 26.9. The van der Waals surface area contributed by atoms with Gasteiger partial charge in [-0.3, -0.25) is 77.1 Å². The number of nitrogens with zero attached hydrogens (tertiary/aromatic N) is 2. The number of benzene rings is 2. The lowest BCUT2D eigenvalue weighted by atomic mass is 10.0. The third kappa shape index (κ3) is 35.4. The van der Waals surface area contributed by atoms with Gasteiger partial charge < -0.3 is 125 Å². The molecule has 582 valence electrons. The molecule has 0 spiro atoms. The zero-order valence-corrected chi connectivity index (χ0v) is 60.3. The summed E-state index contributed by atoms with van der Waals surface area (Å²) in [7, 11) is 1.72. The molecule has 2 aromatic carbocycles. The molecule has 0 radical (unpaired) electrons. The van der Waals surface area contributed by atoms with Crippen LogP contribution in [0.3, 0.4) is 0 Å². The van der Waals surface area contributed by atoms with Gasteiger partial charge in [-0.15, -0.1) is 0 Å². The van der Waals surface area contributed by atoms with Crippen molar-refractivity contribution in [1.29, 1.82) is 0 Å². The summed E-state index contributed by atoms with van der Waals surface area (Å²) in [5.74, 6) is -14.7. The van der Waals surface area contributed by atoms with E-state index < -0.39 is 187 Å². The van der Waals surface area contributed by atoms with E-state index in [4.69, 9.17) is 45.9 Å². The van der Waals surface area contributed by atoms with Crippen LogP contribution >= 0.6 is 21.6 Å². The van der Waals surface area contributed by atoms with Crippen LogP contribution in [0.4, 0.5) is 0 Å². The Balaban J connectivity index is 2.00. The topological polar surface area (TPSA) is 669 Å². The minimum atomic E-state index is -1.81. The van der Waals surface area contributed by atoms with Crippen molar-refractivity contribution < 1.29 is 77.3 Å². The van der Waals surface area contributed by atoms with E-state index in [-0.39, 0.29) is 108 Å². The molecule has 0 aromatic heterocycles. The summed E-state index contributed by atoms with van der Waals surface area (Å²) in [5.41, 5.74) is 46.8. The maximum Gasteiger partial charge on any atom is 0.245 e. The van der Waals surface area contributed by atoms with E-state index in [2.05, 4.69) is 79.1 Å². The molecule has 12 atom stereocenters. The fourth-order valence-electron chi connectivity index (χ4n) is 9.90. The predicted molar refractivity (Wildman–Crippen MR) is 391 cm³/mol. The number of aliphatic hydroxyl groups excluding tert-OH is 2. The van der Waals surface area contributed by atoms with E-state index in [1.807, 2.05) is 0 Å². The van der Waals surface area contributed by atoms with E-state index in [1.165, 1.54) is 6.92 Å². The Bertz CT molecular complexity index is 3260. The van der Waals surface area contributed by atoms with Gasteiger partial charge in [0.1, 0.15) is 60.4 Å². The fraction of sp³-hybridized carbons (Fsp3) is 0.562. The Morgan fingerprint density at radius 3 is 1.45 bits per heavy atom. The van der Waals surface area contributed by atoms with Gasteiger partial charge in [-0.05, 0) is 109 Å². The molecule has 1 aliphatic heterocycles. The second kappa shape index (κ2) is 48.9. The lowest BCUT2D eigenvalue weighted by Gasteiger charge is -2.27. The van der Waals surface area contributed by atoms with Crippen molar-refractivity contribution in [2.75, 3.05) is 63.9 Å². The highest BCUT2D eigenvalue weighted by Crippen LogP contribution is 2.24. The first-order valence-corrected chi connectivity index (χ1v) is 36.5. The number of nitrogens with one attached hydrogen (secondary N) is 13. The summed E-state index contributed by atoms with van der Waals surface area (Å²) in [6.45, 7) is -0.543. The number of hydrogen-bond acceptors (Lipinski definition) is 23. The molecule has 1 heterocycles. The maximum atomic E-state index is 14.7. The van der Waals surface area contributed by atoms with Crippen LogP contribution < -0.4 is 115 Å². The van der Waals surface area contributed by atoms with E-state index in [1.54, 1.807) is 60.7 Å². The first kappa shape index (κ1) is 89.3. The van der Waals surface area contributed by atoms with Gasteiger partial charge in [0, 0.05) is 31.0 Å². The molecule has 105 heavy (non-hydrogen) atoms. The summed E-state index contributed by atoms with van der Waals surface area (Å²) >= 11 is 0. The number of guanidine groups is 2. The average molecular weight is 1510 g/mol. The Morgan fingerprint density at radius 2 is 0.952 bits per heavy atom. The lowest BCUT2D eigenvalue weighted by Crippen LogP contribution is -2.61. The molecule has 41 heteroatoms. The van der Waals surface area contributed by atoms with Crippen molar-refractivity contribution in [3.8, 4) is 0 Å². The zero-order valence-electron chi connectivity index (χ0n) is 58.7. The number of primary amides is 1. The SMILES string of the molecule is C[C@@H]1NC(=O)[C@H](CO)NC(=O)[C@H](CCCCN)NC(=O)[C@H](CCCN=C(N)N)NC(=O)[C@@H](NC(=O)CNC(=O)[C@@H](NC(=O)[C@H](Cc2ccccc2)NC(=O)CNC(=O)CNC(=O)[C@@H](N)Cc2ccccc2)[C@@H](C)O)CSSC[C@@H](C(N)=O)NC(=O)[C@H](CCCCN)NC(=O)[C@H](CCCN=C(N)N)NC1=O. The lowest BCUT2D eigenvalue weighted by molar-refractivity contribution is -0.136. The van der Waals surface area contributed by atoms with Gasteiger partial charge in [0.25, 0.3) is 0 Å². The summed E-state index contributed by atoms with van der Waals surface area (Å²) in [6.07, 6.45) is -0.834. The molecule has 1 saturated heterocycles. The highest BCUT2D eigenvalue weighted by Gasteiger charge is 2.36. The van der Waals surface area contributed by atoms with E-state index in [0.29, 0.717) is 18.4 Å². The monoisotopic (exact) mass is 1510 g/mol. The average Bonchev–Trinajstić information content (AvgIpc) is 0.871. The van der Waals surface area contributed by atoms with Crippen LogP contribution in [0.1, 0.15) is 89.2 Å². The smallest absolute Gasteiger partial charge is 0.245 e. The number of hydrogen-bond donors (Lipinski definition) is 23. The first-order valence-electron chi connectivity index (χ1n) is 34.0. The van der Waals surface area contributed by atoms with Gasteiger partial charge in [-0.1, -0.05) is 82.3 Å². The van der Waals surface area contributed by atoms with Gasteiger partial charge in [0.15, 0.2) is 11.9 Å². The summed E-state index contributed by atoms with van der Waals surface area (Å²) in [6, 6.07) is 0.776. The van der Waals surface area contributed by atoms with Crippen LogP contribution in [0.15, 0.2) is 70.6 Å². The van der Waals surface area contributed by atoms with Crippen LogP contribution in [0.5, 0.6) is 0 Å². The molecule has 1 aliphatic rings. The zero-order chi connectivity index (χ0) is 78.0. The highest BCUT2D eigenvalue weighted by molar-refractivity contribution is 8.76.